The number of likely N-dealkylation sites (tertiary alicyclic amines) is 1. The Bertz CT molecular complexity index is 1020. The molecule has 1 fully saturated rings. The molecule has 1 aliphatic rings. The lowest BCUT2D eigenvalue weighted by Crippen LogP contribution is -2.25. The molecule has 1 aliphatic heterocycles. The van der Waals surface area contributed by atoms with Gasteiger partial charge in [-0.2, -0.15) is 0 Å². The molecule has 2 aromatic carbocycles. The van der Waals surface area contributed by atoms with E-state index in [1.807, 2.05) is 6.92 Å². The van der Waals surface area contributed by atoms with Crippen LogP contribution in [-0.2, 0) is 11.2 Å². The van der Waals surface area contributed by atoms with E-state index in [1.54, 1.807) is 30.3 Å². The van der Waals surface area contributed by atoms with Crippen molar-refractivity contribution in [2.75, 3.05) is 39.5 Å². The Labute approximate surface area is 215 Å². The normalized spacial score (nSPS) is 13.6. The highest BCUT2D eigenvalue weighted by molar-refractivity contribution is 9.10. The Kier molecular flexibility index (Phi) is 10.4. The fourth-order valence-electron chi connectivity index (χ4n) is 4.05. The zero-order chi connectivity index (χ0) is 25.2. The molecule has 190 valence electrons. The van der Waals surface area contributed by atoms with Crippen molar-refractivity contribution < 1.29 is 28.9 Å². The molecule has 1 heterocycles. The van der Waals surface area contributed by atoms with Crippen molar-refractivity contribution in [3.8, 4) is 17.2 Å². The highest BCUT2D eigenvalue weighted by Gasteiger charge is 2.16. The van der Waals surface area contributed by atoms with Crippen molar-refractivity contribution in [3.05, 3.63) is 51.5 Å². The SMILES string of the molecule is CCCc1c(OCCCOc2ccc(C(=O)OCCN3CCCC3)cc2Br)ccc(C(C)=O)c1O. The van der Waals surface area contributed by atoms with Crippen LogP contribution in [0.4, 0.5) is 0 Å². The van der Waals surface area contributed by atoms with E-state index in [0.29, 0.717) is 65.3 Å². The number of ketones is 1. The second-order valence-corrected chi connectivity index (χ2v) is 9.48. The van der Waals surface area contributed by atoms with Gasteiger partial charge in [-0.05, 0) is 85.5 Å². The van der Waals surface area contributed by atoms with Crippen LogP contribution in [0.5, 0.6) is 17.2 Å². The van der Waals surface area contributed by atoms with Crippen molar-refractivity contribution in [3.63, 3.8) is 0 Å². The topological polar surface area (TPSA) is 85.3 Å². The van der Waals surface area contributed by atoms with Gasteiger partial charge < -0.3 is 19.3 Å². The van der Waals surface area contributed by atoms with Crippen molar-refractivity contribution in [1.29, 1.82) is 0 Å². The van der Waals surface area contributed by atoms with Crippen LogP contribution in [0.3, 0.4) is 0 Å². The Morgan fingerprint density at radius 2 is 1.71 bits per heavy atom. The fourth-order valence-corrected chi connectivity index (χ4v) is 4.55. The fraction of sp³-hybridized carbons (Fsp3) is 0.481. The molecule has 1 saturated heterocycles. The quantitative estimate of drug-likeness (QED) is 0.204. The molecule has 0 aromatic heterocycles. The number of hydrogen-bond donors (Lipinski definition) is 1. The van der Waals surface area contributed by atoms with Crippen LogP contribution < -0.4 is 9.47 Å². The van der Waals surface area contributed by atoms with Crippen molar-refractivity contribution in [2.24, 2.45) is 0 Å². The van der Waals surface area contributed by atoms with Gasteiger partial charge in [0.15, 0.2) is 5.78 Å². The molecule has 35 heavy (non-hydrogen) atoms. The third-order valence-corrected chi connectivity index (χ3v) is 6.55. The number of esters is 1. The van der Waals surface area contributed by atoms with Crippen LogP contribution in [0.1, 0.15) is 65.8 Å². The first kappa shape index (κ1) is 27.0. The zero-order valence-electron chi connectivity index (χ0n) is 20.5. The molecule has 2 aromatic rings. The molecule has 0 radical (unpaired) electrons. The van der Waals surface area contributed by atoms with Gasteiger partial charge in [0.2, 0.25) is 0 Å². The lowest BCUT2D eigenvalue weighted by molar-refractivity contribution is 0.0472. The van der Waals surface area contributed by atoms with E-state index in [-0.39, 0.29) is 17.5 Å². The standard InChI is InChI=1S/C27H34BrNO6/c1-3-7-22-24(11-9-21(19(2)30)26(22)31)33-15-6-16-34-25-10-8-20(18-23(25)28)27(32)35-17-14-29-12-4-5-13-29/h8-11,18,31H,3-7,12-17H2,1-2H3. The second-order valence-electron chi connectivity index (χ2n) is 8.62. The number of ether oxygens (including phenoxy) is 3. The summed E-state index contributed by atoms with van der Waals surface area (Å²) in [6, 6.07) is 8.49. The van der Waals surface area contributed by atoms with E-state index in [2.05, 4.69) is 20.8 Å². The summed E-state index contributed by atoms with van der Waals surface area (Å²) < 4.78 is 17.8. The molecular formula is C27H34BrNO6. The Balaban J connectivity index is 1.44. The number of benzene rings is 2. The molecule has 7 nitrogen and oxygen atoms in total. The van der Waals surface area contributed by atoms with E-state index >= 15 is 0 Å². The van der Waals surface area contributed by atoms with Gasteiger partial charge in [-0.15, -0.1) is 0 Å². The predicted molar refractivity (Wildman–Crippen MR) is 138 cm³/mol. The summed E-state index contributed by atoms with van der Waals surface area (Å²) in [7, 11) is 0. The van der Waals surface area contributed by atoms with Gasteiger partial charge in [-0.1, -0.05) is 13.3 Å². The largest absolute Gasteiger partial charge is 0.507 e. The zero-order valence-corrected chi connectivity index (χ0v) is 22.1. The van der Waals surface area contributed by atoms with Crippen LogP contribution >= 0.6 is 15.9 Å². The van der Waals surface area contributed by atoms with Crippen molar-refractivity contribution in [1.82, 2.24) is 4.90 Å². The summed E-state index contributed by atoms with van der Waals surface area (Å²) in [4.78, 5) is 26.3. The van der Waals surface area contributed by atoms with Gasteiger partial charge in [0.05, 0.1) is 28.8 Å². The molecule has 0 amide bonds. The Morgan fingerprint density at radius 3 is 2.37 bits per heavy atom. The van der Waals surface area contributed by atoms with E-state index < -0.39 is 0 Å². The minimum absolute atomic E-state index is 0.00620. The van der Waals surface area contributed by atoms with E-state index in [0.717, 1.165) is 26.1 Å². The first-order valence-corrected chi connectivity index (χ1v) is 13.0. The summed E-state index contributed by atoms with van der Waals surface area (Å²) in [5.41, 5.74) is 1.45. The molecule has 1 N–H and O–H groups in total. The lowest BCUT2D eigenvalue weighted by Gasteiger charge is -2.15. The van der Waals surface area contributed by atoms with Crippen LogP contribution in [-0.4, -0.2) is 61.2 Å². The molecule has 0 aliphatic carbocycles. The molecule has 3 rings (SSSR count). The highest BCUT2D eigenvalue weighted by atomic mass is 79.9. The third kappa shape index (κ3) is 7.70. The molecular weight excluding hydrogens is 514 g/mol. The van der Waals surface area contributed by atoms with Gasteiger partial charge in [0.1, 0.15) is 23.9 Å². The molecule has 0 atom stereocenters. The van der Waals surface area contributed by atoms with Gasteiger partial charge in [-0.3, -0.25) is 9.69 Å². The molecule has 8 heteroatoms. The average Bonchev–Trinajstić information content (AvgIpc) is 3.35. The lowest BCUT2D eigenvalue weighted by atomic mass is 10.0. The summed E-state index contributed by atoms with van der Waals surface area (Å²) in [6.07, 6.45) is 4.50. The smallest absolute Gasteiger partial charge is 0.338 e. The maximum atomic E-state index is 12.3. The van der Waals surface area contributed by atoms with E-state index in [1.165, 1.54) is 19.8 Å². The number of phenols is 1. The number of Topliss-reactive ketones (excluding diaryl/α,β-unsaturated/α-hetero) is 1. The Hall–Kier alpha value is -2.58. The van der Waals surface area contributed by atoms with Crippen LogP contribution in [0.2, 0.25) is 0 Å². The molecule has 0 spiro atoms. The Morgan fingerprint density at radius 1 is 1.03 bits per heavy atom. The average molecular weight is 548 g/mol. The number of nitrogens with zero attached hydrogens (tertiary/aromatic N) is 1. The number of aromatic hydroxyl groups is 1. The third-order valence-electron chi connectivity index (χ3n) is 5.93. The molecule has 0 saturated carbocycles. The minimum Gasteiger partial charge on any atom is -0.507 e. The highest BCUT2D eigenvalue weighted by Crippen LogP contribution is 2.33. The maximum Gasteiger partial charge on any atom is 0.338 e. The van der Waals surface area contributed by atoms with Crippen molar-refractivity contribution in [2.45, 2.75) is 46.0 Å². The number of rotatable bonds is 13. The number of carbonyl (C=O) groups is 2. The number of halogens is 1. The minimum atomic E-state index is -0.341. The van der Waals surface area contributed by atoms with Gasteiger partial charge >= 0.3 is 5.97 Å². The maximum absolute atomic E-state index is 12.3. The summed E-state index contributed by atoms with van der Waals surface area (Å²) in [6.45, 7) is 7.58. The first-order chi connectivity index (χ1) is 16.9. The van der Waals surface area contributed by atoms with Gasteiger partial charge in [-0.25, -0.2) is 4.79 Å². The van der Waals surface area contributed by atoms with E-state index in [4.69, 9.17) is 14.2 Å². The van der Waals surface area contributed by atoms with Gasteiger partial charge in [0.25, 0.3) is 0 Å². The first-order valence-electron chi connectivity index (χ1n) is 12.2. The second kappa shape index (κ2) is 13.5. The summed E-state index contributed by atoms with van der Waals surface area (Å²) in [5, 5.41) is 10.4. The number of hydrogen-bond acceptors (Lipinski definition) is 7. The monoisotopic (exact) mass is 547 g/mol. The molecule has 0 bridgehead atoms. The summed E-state index contributed by atoms with van der Waals surface area (Å²) >= 11 is 3.47. The van der Waals surface area contributed by atoms with Gasteiger partial charge in [0, 0.05) is 18.5 Å². The van der Waals surface area contributed by atoms with E-state index in [9.17, 15) is 14.7 Å². The van der Waals surface area contributed by atoms with Crippen LogP contribution in [0.15, 0.2) is 34.8 Å². The van der Waals surface area contributed by atoms with Crippen LogP contribution in [0, 0.1) is 0 Å². The number of phenolic OH excluding ortho intramolecular Hbond substituents is 1. The van der Waals surface area contributed by atoms with Crippen molar-refractivity contribution >= 4 is 27.7 Å². The molecule has 0 unspecified atom stereocenters. The van der Waals surface area contributed by atoms with Crippen LogP contribution in [0.25, 0.3) is 0 Å². The number of carbonyl (C=O) groups excluding carboxylic acids is 2. The predicted octanol–water partition coefficient (Wildman–Crippen LogP) is 5.41. The summed E-state index contributed by atoms with van der Waals surface area (Å²) in [5.74, 6) is 0.710.